The predicted octanol–water partition coefficient (Wildman–Crippen LogP) is 3.33. The van der Waals surface area contributed by atoms with E-state index in [-0.39, 0.29) is 0 Å². The fourth-order valence-electron chi connectivity index (χ4n) is 2.78. The third kappa shape index (κ3) is 1.93. The SMILES string of the molecule is C[C@@H]1CC[C@](O)(c2ccccc2)[C@H](C)C1. The summed E-state index contributed by atoms with van der Waals surface area (Å²) in [5.41, 5.74) is 0.498. The smallest absolute Gasteiger partial charge is 0.0922 e. The molecule has 82 valence electrons. The summed E-state index contributed by atoms with van der Waals surface area (Å²) in [6.07, 6.45) is 3.17. The van der Waals surface area contributed by atoms with E-state index in [2.05, 4.69) is 13.8 Å². The summed E-state index contributed by atoms with van der Waals surface area (Å²) in [4.78, 5) is 0. The monoisotopic (exact) mass is 204 g/mol. The van der Waals surface area contributed by atoms with Crippen LogP contribution in [0.1, 0.15) is 38.7 Å². The Labute approximate surface area is 92.1 Å². The van der Waals surface area contributed by atoms with Gasteiger partial charge in [0.1, 0.15) is 0 Å². The van der Waals surface area contributed by atoms with E-state index < -0.39 is 5.60 Å². The highest BCUT2D eigenvalue weighted by molar-refractivity contribution is 5.23. The average Bonchev–Trinajstić information content (AvgIpc) is 2.25. The van der Waals surface area contributed by atoms with Gasteiger partial charge < -0.3 is 5.11 Å². The Bertz CT molecular complexity index is 319. The summed E-state index contributed by atoms with van der Waals surface area (Å²) in [5.74, 6) is 1.12. The van der Waals surface area contributed by atoms with Crippen molar-refractivity contribution in [2.24, 2.45) is 11.8 Å². The highest BCUT2D eigenvalue weighted by atomic mass is 16.3. The van der Waals surface area contributed by atoms with E-state index >= 15 is 0 Å². The maximum Gasteiger partial charge on any atom is 0.0922 e. The molecule has 0 bridgehead atoms. The number of hydrogen-bond donors (Lipinski definition) is 1. The summed E-state index contributed by atoms with van der Waals surface area (Å²) in [7, 11) is 0. The van der Waals surface area contributed by atoms with Gasteiger partial charge in [0, 0.05) is 0 Å². The van der Waals surface area contributed by atoms with Gasteiger partial charge in [-0.15, -0.1) is 0 Å². The number of benzene rings is 1. The molecular weight excluding hydrogens is 184 g/mol. The second-order valence-electron chi connectivity index (χ2n) is 5.07. The molecule has 15 heavy (non-hydrogen) atoms. The van der Waals surface area contributed by atoms with Crippen molar-refractivity contribution in [1.29, 1.82) is 0 Å². The van der Waals surface area contributed by atoms with Crippen molar-refractivity contribution in [3.8, 4) is 0 Å². The first-order valence-electron chi connectivity index (χ1n) is 5.91. The molecule has 0 aromatic heterocycles. The van der Waals surface area contributed by atoms with E-state index in [1.807, 2.05) is 30.3 Å². The van der Waals surface area contributed by atoms with Gasteiger partial charge >= 0.3 is 0 Å². The van der Waals surface area contributed by atoms with Crippen molar-refractivity contribution < 1.29 is 5.11 Å². The summed E-state index contributed by atoms with van der Waals surface area (Å²) in [6, 6.07) is 10.1. The number of rotatable bonds is 1. The second kappa shape index (κ2) is 3.97. The van der Waals surface area contributed by atoms with Crippen LogP contribution in [0.5, 0.6) is 0 Å². The normalized spacial score (nSPS) is 36.5. The van der Waals surface area contributed by atoms with Crippen molar-refractivity contribution in [1.82, 2.24) is 0 Å². The summed E-state index contributed by atoms with van der Waals surface area (Å²) in [5, 5.41) is 10.7. The average molecular weight is 204 g/mol. The Morgan fingerprint density at radius 1 is 1.20 bits per heavy atom. The molecule has 0 amide bonds. The fourth-order valence-corrected chi connectivity index (χ4v) is 2.78. The molecule has 1 nitrogen and oxygen atoms in total. The second-order valence-corrected chi connectivity index (χ2v) is 5.07. The molecule has 1 aromatic rings. The van der Waals surface area contributed by atoms with E-state index in [0.717, 1.165) is 30.7 Å². The van der Waals surface area contributed by atoms with Crippen LogP contribution < -0.4 is 0 Å². The Morgan fingerprint density at radius 2 is 1.87 bits per heavy atom. The maximum atomic E-state index is 10.7. The van der Waals surface area contributed by atoms with E-state index in [9.17, 15) is 5.11 Å². The van der Waals surface area contributed by atoms with Crippen molar-refractivity contribution in [2.75, 3.05) is 0 Å². The van der Waals surface area contributed by atoms with Gasteiger partial charge in [-0.25, -0.2) is 0 Å². The van der Waals surface area contributed by atoms with Crippen LogP contribution in [0.2, 0.25) is 0 Å². The minimum Gasteiger partial charge on any atom is -0.385 e. The van der Waals surface area contributed by atoms with Crippen molar-refractivity contribution >= 4 is 0 Å². The topological polar surface area (TPSA) is 20.2 Å². The summed E-state index contributed by atoms with van der Waals surface area (Å²) in [6.45, 7) is 4.45. The van der Waals surface area contributed by atoms with E-state index in [1.165, 1.54) is 0 Å². The van der Waals surface area contributed by atoms with E-state index in [0.29, 0.717) is 5.92 Å². The Balaban J connectivity index is 2.27. The highest BCUT2D eigenvalue weighted by Gasteiger charge is 2.39. The Hall–Kier alpha value is -0.820. The zero-order valence-electron chi connectivity index (χ0n) is 9.61. The molecular formula is C14H20O. The van der Waals surface area contributed by atoms with E-state index in [1.54, 1.807) is 0 Å². The molecule has 1 saturated carbocycles. The summed E-state index contributed by atoms with van der Waals surface area (Å²) >= 11 is 0. The zero-order chi connectivity index (χ0) is 10.9. The van der Waals surface area contributed by atoms with Gasteiger partial charge in [0.15, 0.2) is 0 Å². The van der Waals surface area contributed by atoms with Crippen molar-refractivity contribution in [2.45, 2.75) is 38.7 Å². The first kappa shape index (κ1) is 10.7. The molecule has 1 aliphatic carbocycles. The molecule has 0 radical (unpaired) electrons. The zero-order valence-corrected chi connectivity index (χ0v) is 9.61. The highest BCUT2D eigenvalue weighted by Crippen LogP contribution is 2.43. The molecule has 2 rings (SSSR count). The first-order chi connectivity index (χ1) is 7.13. The third-order valence-electron chi connectivity index (χ3n) is 3.86. The van der Waals surface area contributed by atoms with Crippen LogP contribution in [0.25, 0.3) is 0 Å². The van der Waals surface area contributed by atoms with Gasteiger partial charge in [-0.1, -0.05) is 44.2 Å². The standard InChI is InChI=1S/C14H20O/c1-11-8-9-14(15,12(2)10-11)13-6-4-3-5-7-13/h3-7,11-12,15H,8-10H2,1-2H3/t11-,12-,14-/m1/s1. The number of hydrogen-bond acceptors (Lipinski definition) is 1. The molecule has 3 atom stereocenters. The molecule has 0 spiro atoms. The van der Waals surface area contributed by atoms with Gasteiger partial charge in [0.25, 0.3) is 0 Å². The molecule has 0 unspecified atom stereocenters. The van der Waals surface area contributed by atoms with Gasteiger partial charge in [0.2, 0.25) is 0 Å². The molecule has 1 N–H and O–H groups in total. The van der Waals surface area contributed by atoms with Gasteiger partial charge in [0.05, 0.1) is 5.60 Å². The summed E-state index contributed by atoms with van der Waals surface area (Å²) < 4.78 is 0. The fraction of sp³-hybridized carbons (Fsp3) is 0.571. The third-order valence-corrected chi connectivity index (χ3v) is 3.86. The van der Waals surface area contributed by atoms with Crippen LogP contribution in [0.4, 0.5) is 0 Å². The molecule has 1 fully saturated rings. The molecule has 1 heteroatoms. The largest absolute Gasteiger partial charge is 0.385 e. The lowest BCUT2D eigenvalue weighted by molar-refractivity contribution is -0.0587. The molecule has 0 saturated heterocycles. The minimum absolute atomic E-state index is 0.364. The predicted molar refractivity (Wildman–Crippen MR) is 62.5 cm³/mol. The van der Waals surface area contributed by atoms with Crippen molar-refractivity contribution in [3.05, 3.63) is 35.9 Å². The molecule has 1 aliphatic rings. The number of aliphatic hydroxyl groups is 1. The Morgan fingerprint density at radius 3 is 2.47 bits per heavy atom. The van der Waals surface area contributed by atoms with Crippen LogP contribution in [-0.2, 0) is 5.60 Å². The van der Waals surface area contributed by atoms with Crippen LogP contribution in [0.15, 0.2) is 30.3 Å². The lowest BCUT2D eigenvalue weighted by Gasteiger charge is -2.41. The lowest BCUT2D eigenvalue weighted by atomic mass is 9.69. The minimum atomic E-state index is -0.590. The first-order valence-corrected chi connectivity index (χ1v) is 5.91. The van der Waals surface area contributed by atoms with Crippen LogP contribution in [-0.4, -0.2) is 5.11 Å². The Kier molecular flexibility index (Phi) is 2.83. The van der Waals surface area contributed by atoms with Gasteiger partial charge in [-0.3, -0.25) is 0 Å². The lowest BCUT2D eigenvalue weighted by Crippen LogP contribution is -2.38. The maximum absolute atomic E-state index is 10.7. The van der Waals surface area contributed by atoms with E-state index in [4.69, 9.17) is 0 Å². The van der Waals surface area contributed by atoms with Gasteiger partial charge in [-0.05, 0) is 36.7 Å². The van der Waals surface area contributed by atoms with Crippen molar-refractivity contribution in [3.63, 3.8) is 0 Å². The van der Waals surface area contributed by atoms with Crippen LogP contribution in [0, 0.1) is 11.8 Å². The molecule has 0 heterocycles. The van der Waals surface area contributed by atoms with Crippen LogP contribution in [0.3, 0.4) is 0 Å². The quantitative estimate of drug-likeness (QED) is 0.744. The molecule has 0 aliphatic heterocycles. The van der Waals surface area contributed by atoms with Crippen LogP contribution >= 0.6 is 0 Å². The van der Waals surface area contributed by atoms with Gasteiger partial charge in [-0.2, -0.15) is 0 Å². The molecule has 1 aromatic carbocycles.